The molecule has 18 nitrogen and oxygen atoms in total. The molecule has 0 bridgehead atoms. The van der Waals surface area contributed by atoms with Gasteiger partial charge in [0.15, 0.2) is 23.1 Å². The largest absolute Gasteiger partial charge is 0.508 e. The number of imidazole rings is 1. The molecule has 2 saturated carbocycles. The zero-order valence-electron chi connectivity index (χ0n) is 39.7. The van der Waals surface area contributed by atoms with Crippen LogP contribution in [0.1, 0.15) is 110 Å². The van der Waals surface area contributed by atoms with Crippen LogP contribution in [0.4, 0.5) is 5.69 Å². The summed E-state index contributed by atoms with van der Waals surface area (Å²) < 4.78 is 11.2. The molecule has 0 unspecified atom stereocenters. The van der Waals surface area contributed by atoms with Crippen LogP contribution in [0.15, 0.2) is 78.8 Å². The molecule has 72 heavy (non-hydrogen) atoms. The number of carboxylic acids is 1. The number of benzene rings is 3. The summed E-state index contributed by atoms with van der Waals surface area (Å²) in [7, 11) is 0. The van der Waals surface area contributed by atoms with Gasteiger partial charge in [0.1, 0.15) is 29.8 Å². The molecular weight excluding hydrogens is 931 g/mol. The number of phenols is 3. The maximum absolute atomic E-state index is 15.5. The molecule has 1 amide bonds. The number of rotatable bonds is 13. The summed E-state index contributed by atoms with van der Waals surface area (Å²) in [6.07, 6.45) is 7.04. The summed E-state index contributed by atoms with van der Waals surface area (Å²) in [4.78, 5) is 38.5. The molecular formula is C54H63N3O15. The van der Waals surface area contributed by atoms with Crippen molar-refractivity contribution in [1.82, 2.24) is 9.97 Å². The molecule has 6 aliphatic rings. The molecule has 3 aromatic carbocycles. The second-order valence-electron chi connectivity index (χ2n) is 20.9. The molecule has 18 heteroatoms. The third-order valence-corrected chi connectivity index (χ3v) is 17.1. The summed E-state index contributed by atoms with van der Waals surface area (Å²) in [6, 6.07) is 12.4. The number of aromatic amines is 1. The second kappa shape index (κ2) is 18.9. The topological polar surface area (TPSA) is 307 Å². The molecule has 384 valence electrons. The number of nitrogens with one attached hydrogen (secondary N) is 1. The Kier molecular flexibility index (Phi) is 13.1. The van der Waals surface area contributed by atoms with E-state index in [0.29, 0.717) is 66.5 Å². The van der Waals surface area contributed by atoms with Crippen molar-refractivity contribution in [3.63, 3.8) is 0 Å². The number of aromatic hydroxyl groups is 3. The monoisotopic (exact) mass is 993 g/mol. The summed E-state index contributed by atoms with van der Waals surface area (Å²) in [6.45, 7) is -1.24. The lowest BCUT2D eigenvalue weighted by Gasteiger charge is -2.58. The van der Waals surface area contributed by atoms with Crippen molar-refractivity contribution < 1.29 is 75.2 Å². The van der Waals surface area contributed by atoms with E-state index >= 15 is 4.79 Å². The Morgan fingerprint density at radius 1 is 0.889 bits per heavy atom. The summed E-state index contributed by atoms with van der Waals surface area (Å²) in [5.74, 6) is -9.69. The number of anilines is 1. The number of allylic oxidation sites excluding steroid dienone is 1. The van der Waals surface area contributed by atoms with Crippen LogP contribution in [0, 0.1) is 17.8 Å². The maximum atomic E-state index is 15.5. The highest BCUT2D eigenvalue weighted by molar-refractivity contribution is 6.13. The van der Waals surface area contributed by atoms with Crippen LogP contribution < -0.4 is 9.64 Å². The minimum Gasteiger partial charge on any atom is -0.508 e. The predicted molar refractivity (Wildman–Crippen MR) is 258 cm³/mol. The van der Waals surface area contributed by atoms with Gasteiger partial charge in [0.2, 0.25) is 0 Å². The molecule has 0 spiro atoms. The van der Waals surface area contributed by atoms with Crippen LogP contribution in [-0.2, 0) is 32.6 Å². The highest BCUT2D eigenvalue weighted by Crippen LogP contribution is 2.71. The van der Waals surface area contributed by atoms with E-state index in [1.807, 2.05) is 6.07 Å². The third-order valence-electron chi connectivity index (χ3n) is 17.1. The van der Waals surface area contributed by atoms with Crippen LogP contribution in [0.2, 0.25) is 0 Å². The molecule has 2 aliphatic heterocycles. The van der Waals surface area contributed by atoms with Gasteiger partial charge in [0.25, 0.3) is 5.91 Å². The van der Waals surface area contributed by atoms with Crippen LogP contribution >= 0.6 is 0 Å². The van der Waals surface area contributed by atoms with Gasteiger partial charge in [-0.2, -0.15) is 0 Å². The lowest BCUT2D eigenvalue weighted by molar-refractivity contribution is -0.422. The van der Waals surface area contributed by atoms with E-state index in [4.69, 9.17) is 9.47 Å². The average molecular weight is 994 g/mol. The first-order chi connectivity index (χ1) is 34.5. The van der Waals surface area contributed by atoms with Crippen LogP contribution in [0.25, 0.3) is 6.08 Å². The van der Waals surface area contributed by atoms with E-state index in [9.17, 15) is 61.0 Å². The van der Waals surface area contributed by atoms with E-state index in [2.05, 4.69) is 9.97 Å². The fourth-order valence-corrected chi connectivity index (χ4v) is 13.9. The molecule has 12 N–H and O–H groups in total. The smallest absolute Gasteiger partial charge is 0.355 e. The third kappa shape index (κ3) is 7.98. The summed E-state index contributed by atoms with van der Waals surface area (Å²) in [5.41, 5.74) is -0.652. The molecule has 4 aliphatic carbocycles. The average Bonchev–Trinajstić information content (AvgIpc) is 4.08. The van der Waals surface area contributed by atoms with Crippen molar-refractivity contribution in [2.24, 2.45) is 17.8 Å². The second-order valence-corrected chi connectivity index (χ2v) is 20.9. The van der Waals surface area contributed by atoms with Crippen molar-refractivity contribution >= 4 is 23.6 Å². The number of aliphatic carboxylic acids is 1. The minimum absolute atomic E-state index is 0.00735. The quantitative estimate of drug-likeness (QED) is 0.0514. The van der Waals surface area contributed by atoms with Gasteiger partial charge >= 0.3 is 11.9 Å². The Labute approximate surface area is 415 Å². The van der Waals surface area contributed by atoms with E-state index in [1.165, 1.54) is 30.6 Å². The molecule has 4 aromatic rings. The molecule has 10 rings (SSSR count). The van der Waals surface area contributed by atoms with E-state index < -0.39 is 94.7 Å². The van der Waals surface area contributed by atoms with Crippen molar-refractivity contribution in [2.75, 3.05) is 18.1 Å². The zero-order chi connectivity index (χ0) is 50.9. The molecule has 1 aromatic heterocycles. The number of aryl methyl sites for hydroxylation is 1. The highest BCUT2D eigenvalue weighted by Gasteiger charge is 2.71. The minimum atomic E-state index is -3.21. The lowest BCUT2D eigenvalue weighted by Crippen LogP contribution is -2.67. The standard InChI is InChI=1S/C54H63N3O15/c58-26-34-8-5-7-33-13-12-30-6-4-9-39(61)44(30)53(33,34)45-31(16-19-51(69)17-2-1-3-18-51)24-52(50(67)68)46(45)36-22-40(62)41(71-54(70)49(66)48(65)47(64)42(27-59)72-54)23-37(36)57(52)43(63)15-11-29-10-14-38(60)32(20-29)21-35-25-55-28-56-35/h4,6,9-11,14-15,20,22-25,28,33-34,42,45-49,58-62,64-66,69-70H,1-3,5,7-8,12-13,16-19,21,26-27H2,(H,55,56)(H,67,68)/b15-11+/t33-,34-,42-,45-,46+,47-,48+,49-,52-,53+,54+/m1/s1. The Balaban J connectivity index is 1.18. The SMILES string of the molecule is O=C(/C=C/c1ccc(O)c(Cc2cnc[nH]2)c1)N1c2cc(O[C@]3(O)O[C@H](CO)[C@@H](O)[C@H](O)[C@H]3O)c(O)cc2[C@H]2[C@H]([C@@]34c5c(O)cccc5CC[C@H]3CCC[C@@H]4CO)C(CCC3(O)CCCCC3)=C[C@]21C(=O)O. The number of ether oxygens (including phenoxy) is 2. The number of nitrogens with zero attached hydrogens (tertiary/aromatic N) is 2. The molecule has 3 fully saturated rings. The number of aliphatic hydroxyl groups is 7. The van der Waals surface area contributed by atoms with Gasteiger partial charge in [0, 0.05) is 65.4 Å². The van der Waals surface area contributed by atoms with E-state index in [-0.39, 0.29) is 54.5 Å². The molecule has 11 atom stereocenters. The maximum Gasteiger partial charge on any atom is 0.355 e. The summed E-state index contributed by atoms with van der Waals surface area (Å²) >= 11 is 0. The van der Waals surface area contributed by atoms with E-state index in [1.54, 1.807) is 36.5 Å². The van der Waals surface area contributed by atoms with Crippen molar-refractivity contribution in [3.05, 3.63) is 112 Å². The van der Waals surface area contributed by atoms with Gasteiger partial charge in [-0.25, -0.2) is 9.78 Å². The van der Waals surface area contributed by atoms with Gasteiger partial charge in [-0.05, 0) is 116 Å². The number of carbonyl (C=O) groups excluding carboxylic acids is 1. The first kappa shape index (κ1) is 49.7. The Bertz CT molecular complexity index is 2770. The number of carbonyl (C=O) groups is 2. The lowest BCUT2D eigenvalue weighted by atomic mass is 9.45. The predicted octanol–water partition coefficient (Wildman–Crippen LogP) is 3.91. The number of amides is 1. The first-order valence-electron chi connectivity index (χ1n) is 25.0. The Hall–Kier alpha value is -5.83. The van der Waals surface area contributed by atoms with Crippen molar-refractivity contribution in [2.45, 2.75) is 136 Å². The van der Waals surface area contributed by atoms with E-state index in [0.717, 1.165) is 42.2 Å². The number of H-pyrrole nitrogens is 1. The van der Waals surface area contributed by atoms with Gasteiger partial charge < -0.3 is 70.6 Å². The van der Waals surface area contributed by atoms with Gasteiger partial charge in [-0.3, -0.25) is 9.69 Å². The number of hydrogen-bond acceptors (Lipinski definition) is 15. The van der Waals surface area contributed by atoms with Crippen LogP contribution in [0.5, 0.6) is 23.0 Å². The van der Waals surface area contributed by atoms with Crippen LogP contribution in [0.3, 0.4) is 0 Å². The molecule has 3 heterocycles. The number of aliphatic hydroxyl groups excluding tert-OH is 5. The number of aromatic nitrogens is 2. The summed E-state index contributed by atoms with van der Waals surface area (Å²) in [5, 5.41) is 125. The normalized spacial score (nSPS) is 32.7. The molecule has 0 radical (unpaired) electrons. The number of carboxylic acid groups (broad SMARTS) is 1. The zero-order valence-corrected chi connectivity index (χ0v) is 39.7. The first-order valence-corrected chi connectivity index (χ1v) is 25.0. The van der Waals surface area contributed by atoms with Crippen molar-refractivity contribution in [1.29, 1.82) is 0 Å². The highest BCUT2D eigenvalue weighted by atomic mass is 16.8. The Morgan fingerprint density at radius 3 is 2.40 bits per heavy atom. The van der Waals surface area contributed by atoms with Gasteiger partial charge in [0.05, 0.1) is 24.2 Å². The Morgan fingerprint density at radius 2 is 1.68 bits per heavy atom. The van der Waals surface area contributed by atoms with Gasteiger partial charge in [-0.1, -0.05) is 49.5 Å². The van der Waals surface area contributed by atoms with Crippen LogP contribution in [-0.4, -0.2) is 133 Å². The number of phenolic OH excluding ortho intramolecular Hbond substituents is 3. The number of fused-ring (bicyclic) bond motifs is 6. The fraction of sp³-hybridized carbons (Fsp3) is 0.500. The fourth-order valence-electron chi connectivity index (χ4n) is 13.9. The van der Waals surface area contributed by atoms with Gasteiger partial charge in [-0.15, -0.1) is 0 Å². The molecule has 1 saturated heterocycles. The number of hydrogen-bond donors (Lipinski definition) is 12. The van der Waals surface area contributed by atoms with Crippen molar-refractivity contribution in [3.8, 4) is 23.0 Å².